The van der Waals surface area contributed by atoms with Gasteiger partial charge >= 0.3 is 0 Å². The van der Waals surface area contributed by atoms with Crippen molar-refractivity contribution in [1.29, 1.82) is 0 Å². The number of carbonyl (C=O) groups is 1. The van der Waals surface area contributed by atoms with Gasteiger partial charge in [-0.15, -0.1) is 11.6 Å². The van der Waals surface area contributed by atoms with Gasteiger partial charge in [0.1, 0.15) is 0 Å². The molecule has 0 saturated heterocycles. The van der Waals surface area contributed by atoms with E-state index in [1.54, 1.807) is 0 Å². The molecule has 17 heavy (non-hydrogen) atoms. The van der Waals surface area contributed by atoms with E-state index in [9.17, 15) is 4.79 Å². The molecule has 1 amide bonds. The van der Waals surface area contributed by atoms with Gasteiger partial charge in [0.15, 0.2) is 0 Å². The molecule has 1 unspecified atom stereocenters. The molecule has 0 radical (unpaired) electrons. The summed E-state index contributed by atoms with van der Waals surface area (Å²) in [5.74, 6) is 0.109. The van der Waals surface area contributed by atoms with Crippen molar-refractivity contribution in [2.45, 2.75) is 6.92 Å². The van der Waals surface area contributed by atoms with Crippen molar-refractivity contribution in [3.8, 4) is 0 Å². The summed E-state index contributed by atoms with van der Waals surface area (Å²) < 4.78 is 0. The van der Waals surface area contributed by atoms with Crippen LogP contribution in [0.15, 0.2) is 42.5 Å². The second-order valence-electron chi connectivity index (χ2n) is 4.11. The first-order valence-electron chi connectivity index (χ1n) is 5.56. The Bertz CT molecular complexity index is 538. The van der Waals surface area contributed by atoms with E-state index < -0.39 is 0 Å². The second-order valence-corrected chi connectivity index (χ2v) is 4.42. The zero-order valence-electron chi connectivity index (χ0n) is 9.61. The molecule has 0 fully saturated rings. The van der Waals surface area contributed by atoms with E-state index in [-0.39, 0.29) is 11.8 Å². The van der Waals surface area contributed by atoms with Crippen molar-refractivity contribution in [2.75, 3.05) is 11.2 Å². The van der Waals surface area contributed by atoms with E-state index in [0.717, 1.165) is 16.5 Å². The molecule has 1 N–H and O–H groups in total. The monoisotopic (exact) mass is 247 g/mol. The van der Waals surface area contributed by atoms with Gasteiger partial charge in [-0.25, -0.2) is 0 Å². The Morgan fingerprint density at radius 1 is 1.24 bits per heavy atom. The van der Waals surface area contributed by atoms with Crippen molar-refractivity contribution in [3.05, 3.63) is 42.5 Å². The van der Waals surface area contributed by atoms with Gasteiger partial charge < -0.3 is 5.32 Å². The van der Waals surface area contributed by atoms with Crippen molar-refractivity contribution < 1.29 is 4.79 Å². The molecular weight excluding hydrogens is 234 g/mol. The summed E-state index contributed by atoms with van der Waals surface area (Å²) in [6.45, 7) is 1.81. The summed E-state index contributed by atoms with van der Waals surface area (Å²) in [4.78, 5) is 11.7. The summed E-state index contributed by atoms with van der Waals surface area (Å²) >= 11 is 5.65. The quantitative estimate of drug-likeness (QED) is 0.824. The summed E-state index contributed by atoms with van der Waals surface area (Å²) in [6, 6.07) is 13.9. The number of nitrogens with one attached hydrogen (secondary N) is 1. The first kappa shape index (κ1) is 11.9. The van der Waals surface area contributed by atoms with Crippen LogP contribution in [0.3, 0.4) is 0 Å². The molecule has 88 valence electrons. The van der Waals surface area contributed by atoms with Gasteiger partial charge in [0.2, 0.25) is 5.91 Å². The number of halogens is 1. The highest BCUT2D eigenvalue weighted by Gasteiger charge is 2.11. The van der Waals surface area contributed by atoms with Gasteiger partial charge in [-0.3, -0.25) is 4.79 Å². The molecular formula is C14H14ClNO. The third-order valence-corrected chi connectivity index (χ3v) is 3.16. The van der Waals surface area contributed by atoms with E-state index in [2.05, 4.69) is 5.32 Å². The molecule has 3 heteroatoms. The molecule has 0 aliphatic carbocycles. The third-order valence-electron chi connectivity index (χ3n) is 2.70. The van der Waals surface area contributed by atoms with E-state index in [0.29, 0.717) is 5.88 Å². The Morgan fingerprint density at radius 2 is 1.94 bits per heavy atom. The molecule has 0 aliphatic heterocycles. The molecule has 2 rings (SSSR count). The lowest BCUT2D eigenvalue weighted by atomic mass is 10.1. The number of fused-ring (bicyclic) bond motifs is 1. The fourth-order valence-corrected chi connectivity index (χ4v) is 1.74. The number of carbonyl (C=O) groups excluding carboxylic acids is 1. The van der Waals surface area contributed by atoms with Gasteiger partial charge in [-0.2, -0.15) is 0 Å². The highest BCUT2D eigenvalue weighted by molar-refractivity contribution is 6.19. The van der Waals surface area contributed by atoms with Crippen LogP contribution in [0, 0.1) is 5.92 Å². The Morgan fingerprint density at radius 3 is 2.65 bits per heavy atom. The summed E-state index contributed by atoms with van der Waals surface area (Å²) in [7, 11) is 0. The molecule has 0 saturated carbocycles. The largest absolute Gasteiger partial charge is 0.326 e. The molecule has 2 aromatic carbocycles. The van der Waals surface area contributed by atoms with Crippen molar-refractivity contribution in [3.63, 3.8) is 0 Å². The lowest BCUT2D eigenvalue weighted by molar-refractivity contribution is -0.118. The van der Waals surface area contributed by atoms with Crippen LogP contribution in [-0.4, -0.2) is 11.8 Å². The number of alkyl halides is 1. The van der Waals surface area contributed by atoms with E-state index in [1.807, 2.05) is 49.4 Å². The normalized spacial score (nSPS) is 12.4. The highest BCUT2D eigenvalue weighted by atomic mass is 35.5. The smallest absolute Gasteiger partial charge is 0.228 e. The van der Waals surface area contributed by atoms with Crippen molar-refractivity contribution >= 4 is 34.0 Å². The predicted molar refractivity (Wildman–Crippen MR) is 72.5 cm³/mol. The summed E-state index contributed by atoms with van der Waals surface area (Å²) in [6.07, 6.45) is 0. The number of anilines is 1. The minimum atomic E-state index is -0.178. The zero-order chi connectivity index (χ0) is 12.3. The third kappa shape index (κ3) is 2.77. The maximum Gasteiger partial charge on any atom is 0.228 e. The van der Waals surface area contributed by atoms with Crippen molar-refractivity contribution in [2.24, 2.45) is 5.92 Å². The van der Waals surface area contributed by atoms with Crippen LogP contribution in [0.4, 0.5) is 5.69 Å². The van der Waals surface area contributed by atoms with E-state index >= 15 is 0 Å². The van der Waals surface area contributed by atoms with Crippen LogP contribution in [0.5, 0.6) is 0 Å². The predicted octanol–water partition coefficient (Wildman–Crippen LogP) is 3.65. The number of rotatable bonds is 3. The van der Waals surface area contributed by atoms with Crippen LogP contribution in [0.1, 0.15) is 6.92 Å². The summed E-state index contributed by atoms with van der Waals surface area (Å²) in [5.41, 5.74) is 0.811. The molecule has 2 aromatic rings. The minimum Gasteiger partial charge on any atom is -0.326 e. The zero-order valence-corrected chi connectivity index (χ0v) is 10.4. The minimum absolute atomic E-state index is 0.0460. The maximum atomic E-state index is 11.7. The Labute approximate surface area is 106 Å². The van der Waals surface area contributed by atoms with Crippen LogP contribution in [-0.2, 0) is 4.79 Å². The second kappa shape index (κ2) is 5.19. The lowest BCUT2D eigenvalue weighted by Gasteiger charge is -2.09. The van der Waals surface area contributed by atoms with E-state index in [4.69, 9.17) is 11.6 Å². The van der Waals surface area contributed by atoms with Gasteiger partial charge in [-0.1, -0.05) is 37.3 Å². The van der Waals surface area contributed by atoms with Crippen molar-refractivity contribution in [1.82, 2.24) is 0 Å². The Kier molecular flexibility index (Phi) is 3.64. The first-order valence-corrected chi connectivity index (χ1v) is 6.10. The summed E-state index contributed by atoms with van der Waals surface area (Å²) in [5, 5.41) is 5.14. The molecule has 0 aromatic heterocycles. The molecule has 0 spiro atoms. The lowest BCUT2D eigenvalue weighted by Crippen LogP contribution is -2.21. The molecule has 2 nitrogen and oxygen atoms in total. The fourth-order valence-electron chi connectivity index (χ4n) is 1.60. The Balaban J connectivity index is 2.22. The number of hydrogen-bond donors (Lipinski definition) is 1. The standard InChI is InChI=1S/C14H14ClNO/c1-10(9-15)14(17)16-13-7-6-11-4-2-3-5-12(11)8-13/h2-8,10H,9H2,1H3,(H,16,17). The SMILES string of the molecule is CC(CCl)C(=O)Nc1ccc2ccccc2c1. The van der Waals surface area contributed by atoms with Gasteiger partial charge in [0.25, 0.3) is 0 Å². The van der Waals surface area contributed by atoms with Crippen LogP contribution in [0.25, 0.3) is 10.8 Å². The number of amides is 1. The highest BCUT2D eigenvalue weighted by Crippen LogP contribution is 2.19. The number of benzene rings is 2. The average molecular weight is 248 g/mol. The number of hydrogen-bond acceptors (Lipinski definition) is 1. The fraction of sp³-hybridized carbons (Fsp3) is 0.214. The van der Waals surface area contributed by atoms with Gasteiger partial charge in [0, 0.05) is 17.5 Å². The van der Waals surface area contributed by atoms with Crippen LogP contribution in [0.2, 0.25) is 0 Å². The van der Waals surface area contributed by atoms with Gasteiger partial charge in [0.05, 0.1) is 0 Å². The molecule has 0 bridgehead atoms. The van der Waals surface area contributed by atoms with E-state index in [1.165, 1.54) is 0 Å². The van der Waals surface area contributed by atoms with Gasteiger partial charge in [-0.05, 0) is 22.9 Å². The maximum absolute atomic E-state index is 11.7. The van der Waals surface area contributed by atoms with Crippen LogP contribution >= 0.6 is 11.6 Å². The van der Waals surface area contributed by atoms with Crippen LogP contribution < -0.4 is 5.32 Å². The molecule has 0 aliphatic rings. The topological polar surface area (TPSA) is 29.1 Å². The average Bonchev–Trinajstić information content (AvgIpc) is 2.37. The Hall–Kier alpha value is -1.54. The molecule has 1 atom stereocenters. The first-order chi connectivity index (χ1) is 8.20. The molecule has 0 heterocycles.